The van der Waals surface area contributed by atoms with Gasteiger partial charge >= 0.3 is 6.18 Å². The quantitative estimate of drug-likeness (QED) is 0.901. The molecule has 2 nitrogen and oxygen atoms in total. The largest absolute Gasteiger partial charge is 0.443 e. The number of nitrogens with zero attached hydrogens (tertiary/aromatic N) is 1. The van der Waals surface area contributed by atoms with Gasteiger partial charge in [0.1, 0.15) is 0 Å². The minimum absolute atomic E-state index is 0.0237. The molecule has 0 fully saturated rings. The highest BCUT2D eigenvalue weighted by atomic mass is 32.1. The van der Waals surface area contributed by atoms with Crippen molar-refractivity contribution in [2.75, 3.05) is 6.54 Å². The molecule has 1 atom stereocenters. The summed E-state index contributed by atoms with van der Waals surface area (Å²) >= 11 is 0.648. The number of benzene rings is 1. The Balaban J connectivity index is 2.15. The maximum Gasteiger partial charge on any atom is 0.443 e. The smallest absolute Gasteiger partial charge is 0.310 e. The zero-order valence-corrected chi connectivity index (χ0v) is 11.8. The lowest BCUT2D eigenvalue weighted by atomic mass is 10.0. The van der Waals surface area contributed by atoms with E-state index < -0.39 is 11.2 Å². The monoisotopic (exact) mass is 300 g/mol. The van der Waals surface area contributed by atoms with Crippen LogP contribution in [0.25, 0.3) is 0 Å². The summed E-state index contributed by atoms with van der Waals surface area (Å²) in [6, 6.07) is 9.65. The molecule has 20 heavy (non-hydrogen) atoms. The van der Waals surface area contributed by atoms with Crippen LogP contribution in [-0.2, 0) is 12.6 Å². The van der Waals surface area contributed by atoms with E-state index in [-0.39, 0.29) is 6.04 Å². The molecule has 2 rings (SSSR count). The van der Waals surface area contributed by atoms with Crippen molar-refractivity contribution in [2.24, 2.45) is 0 Å². The molecule has 0 radical (unpaired) electrons. The number of rotatable bonds is 5. The molecule has 0 aliphatic heterocycles. The van der Waals surface area contributed by atoms with E-state index in [1.165, 1.54) is 5.38 Å². The van der Waals surface area contributed by atoms with Crippen LogP contribution in [0.15, 0.2) is 35.7 Å². The molecule has 0 aliphatic carbocycles. The van der Waals surface area contributed by atoms with Crippen LogP contribution in [0, 0.1) is 0 Å². The van der Waals surface area contributed by atoms with Crippen LogP contribution < -0.4 is 5.32 Å². The Hall–Kier alpha value is -1.40. The number of hydrogen-bond donors (Lipinski definition) is 1. The van der Waals surface area contributed by atoms with E-state index in [0.29, 0.717) is 23.5 Å². The summed E-state index contributed by atoms with van der Waals surface area (Å²) in [5, 5.41) is 3.98. The summed E-state index contributed by atoms with van der Waals surface area (Å²) in [6.45, 7) is 2.72. The molecule has 1 aromatic heterocycles. The van der Waals surface area contributed by atoms with Gasteiger partial charge in [-0.3, -0.25) is 0 Å². The predicted molar refractivity (Wildman–Crippen MR) is 73.7 cm³/mol. The van der Waals surface area contributed by atoms with E-state index in [9.17, 15) is 13.2 Å². The van der Waals surface area contributed by atoms with Gasteiger partial charge in [0.2, 0.25) is 0 Å². The average Bonchev–Trinajstić information content (AvgIpc) is 2.88. The first-order valence-electron chi connectivity index (χ1n) is 6.30. The maximum absolute atomic E-state index is 12.5. The topological polar surface area (TPSA) is 24.9 Å². The van der Waals surface area contributed by atoms with Gasteiger partial charge in [0.25, 0.3) is 0 Å². The molecule has 0 amide bonds. The van der Waals surface area contributed by atoms with E-state index in [1.807, 2.05) is 37.3 Å². The molecule has 1 heterocycles. The van der Waals surface area contributed by atoms with Gasteiger partial charge in [-0.1, -0.05) is 37.3 Å². The highest BCUT2D eigenvalue weighted by Gasteiger charge is 2.34. The van der Waals surface area contributed by atoms with Gasteiger partial charge in [0.05, 0.1) is 5.69 Å². The number of alkyl halides is 3. The Labute approximate surface area is 119 Å². The van der Waals surface area contributed by atoms with Crippen molar-refractivity contribution in [3.63, 3.8) is 0 Å². The summed E-state index contributed by atoms with van der Waals surface area (Å²) in [4.78, 5) is 3.68. The lowest BCUT2D eigenvalue weighted by molar-refractivity contribution is -0.137. The van der Waals surface area contributed by atoms with Crippen molar-refractivity contribution in [1.82, 2.24) is 10.3 Å². The number of thiazole rings is 1. The first kappa shape index (κ1) is 15.0. The molecule has 0 spiro atoms. The van der Waals surface area contributed by atoms with E-state index in [0.717, 1.165) is 12.1 Å². The molecule has 0 aliphatic rings. The lowest BCUT2D eigenvalue weighted by Crippen LogP contribution is -2.23. The van der Waals surface area contributed by atoms with Gasteiger partial charge in [0, 0.05) is 17.8 Å². The first-order chi connectivity index (χ1) is 9.50. The second kappa shape index (κ2) is 6.37. The van der Waals surface area contributed by atoms with Crippen LogP contribution in [0.5, 0.6) is 0 Å². The van der Waals surface area contributed by atoms with Crippen LogP contribution in [0.4, 0.5) is 13.2 Å². The van der Waals surface area contributed by atoms with Gasteiger partial charge in [-0.2, -0.15) is 13.2 Å². The zero-order chi connectivity index (χ0) is 14.6. The van der Waals surface area contributed by atoms with Crippen molar-refractivity contribution in [3.8, 4) is 0 Å². The predicted octanol–water partition coefficient (Wildman–Crippen LogP) is 4.06. The number of hydrogen-bond acceptors (Lipinski definition) is 3. The Morgan fingerprint density at radius 3 is 2.50 bits per heavy atom. The highest BCUT2D eigenvalue weighted by Crippen LogP contribution is 2.32. The fourth-order valence-corrected chi connectivity index (χ4v) is 2.68. The Bertz CT molecular complexity index is 537. The molecule has 2 aromatic rings. The summed E-state index contributed by atoms with van der Waals surface area (Å²) in [6.07, 6.45) is -3.91. The van der Waals surface area contributed by atoms with E-state index >= 15 is 0 Å². The Morgan fingerprint density at radius 1 is 1.25 bits per heavy atom. The molecule has 6 heteroatoms. The Morgan fingerprint density at radius 2 is 1.95 bits per heavy atom. The number of nitrogens with one attached hydrogen (secondary N) is 1. The maximum atomic E-state index is 12.5. The SMILES string of the molecule is CCNC(Cc1csc(C(F)(F)F)n1)c1ccccc1. The van der Waals surface area contributed by atoms with Gasteiger partial charge in [-0.05, 0) is 12.1 Å². The van der Waals surface area contributed by atoms with Crippen LogP contribution in [0.1, 0.15) is 29.2 Å². The third kappa shape index (κ3) is 3.80. The van der Waals surface area contributed by atoms with Gasteiger partial charge in [-0.15, -0.1) is 11.3 Å². The van der Waals surface area contributed by atoms with Crippen molar-refractivity contribution < 1.29 is 13.2 Å². The number of aromatic nitrogens is 1. The second-order valence-corrected chi connectivity index (χ2v) is 5.22. The van der Waals surface area contributed by atoms with E-state index in [2.05, 4.69) is 10.3 Å². The van der Waals surface area contributed by atoms with Crippen molar-refractivity contribution in [3.05, 3.63) is 52.0 Å². The first-order valence-corrected chi connectivity index (χ1v) is 7.18. The fraction of sp³-hybridized carbons (Fsp3) is 0.357. The van der Waals surface area contributed by atoms with Gasteiger partial charge in [0.15, 0.2) is 5.01 Å². The second-order valence-electron chi connectivity index (χ2n) is 4.37. The third-order valence-electron chi connectivity index (χ3n) is 2.86. The van der Waals surface area contributed by atoms with Crippen molar-refractivity contribution in [2.45, 2.75) is 25.6 Å². The molecule has 0 saturated heterocycles. The van der Waals surface area contributed by atoms with Gasteiger partial charge < -0.3 is 5.32 Å². The third-order valence-corrected chi connectivity index (χ3v) is 3.80. The minimum atomic E-state index is -4.36. The Kier molecular flexibility index (Phi) is 4.77. The lowest BCUT2D eigenvalue weighted by Gasteiger charge is -2.17. The summed E-state index contributed by atoms with van der Waals surface area (Å²) in [5.41, 5.74) is 1.52. The summed E-state index contributed by atoms with van der Waals surface area (Å²) in [5.74, 6) is 0. The molecule has 1 unspecified atom stereocenters. The number of likely N-dealkylation sites (N-methyl/N-ethyl adjacent to an activating group) is 1. The molecular weight excluding hydrogens is 285 g/mol. The van der Waals surface area contributed by atoms with E-state index in [4.69, 9.17) is 0 Å². The summed E-state index contributed by atoms with van der Waals surface area (Å²) < 4.78 is 37.6. The van der Waals surface area contributed by atoms with E-state index in [1.54, 1.807) is 0 Å². The van der Waals surface area contributed by atoms with Crippen LogP contribution in [0.2, 0.25) is 0 Å². The molecule has 0 saturated carbocycles. The molecule has 0 bridgehead atoms. The normalized spacial score (nSPS) is 13.4. The molecule has 1 N–H and O–H groups in total. The van der Waals surface area contributed by atoms with Crippen molar-refractivity contribution >= 4 is 11.3 Å². The van der Waals surface area contributed by atoms with Crippen LogP contribution >= 0.6 is 11.3 Å². The van der Waals surface area contributed by atoms with Gasteiger partial charge in [-0.25, -0.2) is 4.98 Å². The average molecular weight is 300 g/mol. The highest BCUT2D eigenvalue weighted by molar-refractivity contribution is 7.09. The zero-order valence-electron chi connectivity index (χ0n) is 10.9. The van der Waals surface area contributed by atoms with Crippen LogP contribution in [-0.4, -0.2) is 11.5 Å². The standard InChI is InChI=1S/C14H15F3N2S/c1-2-18-12(10-6-4-3-5-7-10)8-11-9-20-13(19-11)14(15,16)17/h3-7,9,12,18H,2,8H2,1H3. The summed E-state index contributed by atoms with van der Waals surface area (Å²) in [7, 11) is 0. The molecule has 1 aromatic carbocycles. The minimum Gasteiger partial charge on any atom is -0.310 e. The molecule has 108 valence electrons. The number of halogens is 3. The molecular formula is C14H15F3N2S. The van der Waals surface area contributed by atoms with Crippen LogP contribution in [0.3, 0.4) is 0 Å². The van der Waals surface area contributed by atoms with Crippen molar-refractivity contribution in [1.29, 1.82) is 0 Å². The fourth-order valence-electron chi connectivity index (χ4n) is 1.98.